The smallest absolute Gasteiger partial charge is 0.269 e. The van der Waals surface area contributed by atoms with Gasteiger partial charge in [-0.25, -0.2) is 14.8 Å². The van der Waals surface area contributed by atoms with E-state index in [4.69, 9.17) is 14.2 Å². The van der Waals surface area contributed by atoms with Gasteiger partial charge in [-0.3, -0.25) is 10.1 Å². The molecule has 1 saturated heterocycles. The third-order valence-electron chi connectivity index (χ3n) is 5.22. The number of benzene rings is 2. The van der Waals surface area contributed by atoms with Crippen molar-refractivity contribution in [3.05, 3.63) is 75.7 Å². The normalized spacial score (nSPS) is 13.6. The maximum atomic E-state index is 14.2. The minimum absolute atomic E-state index is 0.0226. The van der Waals surface area contributed by atoms with Gasteiger partial charge in [0.2, 0.25) is 5.95 Å². The van der Waals surface area contributed by atoms with Crippen molar-refractivity contribution in [3.8, 4) is 11.5 Å². The summed E-state index contributed by atoms with van der Waals surface area (Å²) < 4.78 is 31.1. The van der Waals surface area contributed by atoms with Crippen LogP contribution in [-0.4, -0.2) is 54.0 Å². The molecule has 0 unspecified atom stereocenters. The number of morpholine rings is 1. The van der Waals surface area contributed by atoms with E-state index in [0.29, 0.717) is 44.4 Å². The van der Waals surface area contributed by atoms with Gasteiger partial charge in [-0.1, -0.05) is 0 Å². The van der Waals surface area contributed by atoms with Crippen molar-refractivity contribution in [1.82, 2.24) is 9.97 Å². The largest absolute Gasteiger partial charge is 0.490 e. The van der Waals surface area contributed by atoms with Crippen LogP contribution in [0.25, 0.3) is 0 Å². The van der Waals surface area contributed by atoms with Crippen LogP contribution in [0.15, 0.2) is 53.8 Å². The number of hydrogen-bond acceptors (Lipinski definition) is 10. The van der Waals surface area contributed by atoms with Crippen LogP contribution in [0.1, 0.15) is 18.1 Å². The summed E-state index contributed by atoms with van der Waals surface area (Å²) in [5, 5.41) is 15.0. The van der Waals surface area contributed by atoms with E-state index in [2.05, 4.69) is 20.5 Å². The van der Waals surface area contributed by atoms with Crippen LogP contribution < -0.4 is 19.8 Å². The zero-order valence-electron chi connectivity index (χ0n) is 19.6. The molecule has 0 atom stereocenters. The van der Waals surface area contributed by atoms with Crippen LogP contribution in [0, 0.1) is 15.9 Å². The second kappa shape index (κ2) is 11.9. The molecule has 0 saturated carbocycles. The Kier molecular flexibility index (Phi) is 8.19. The quantitative estimate of drug-likeness (QED) is 0.254. The Balaban J connectivity index is 1.40. The first-order valence-electron chi connectivity index (χ1n) is 11.3. The van der Waals surface area contributed by atoms with E-state index in [-0.39, 0.29) is 24.1 Å². The Morgan fingerprint density at radius 2 is 1.97 bits per heavy atom. The van der Waals surface area contributed by atoms with Gasteiger partial charge in [-0.2, -0.15) is 10.1 Å². The standard InChI is InChI=1S/C24H25FN6O5/c1-2-35-22-13-18(5-8-21(22)36-16-17-3-6-19(7-4-17)31(32)33)14-27-29-24-26-15-20(25)23(28-24)30-9-11-34-12-10-30/h3-8,13-15H,2,9-12,16H2,1H3,(H,26,28,29). The zero-order valence-corrected chi connectivity index (χ0v) is 19.6. The number of aromatic nitrogens is 2. The molecule has 0 spiro atoms. The van der Waals surface area contributed by atoms with Crippen molar-refractivity contribution in [1.29, 1.82) is 0 Å². The minimum atomic E-state index is -0.503. The van der Waals surface area contributed by atoms with E-state index in [1.54, 1.807) is 41.4 Å². The van der Waals surface area contributed by atoms with Crippen molar-refractivity contribution in [2.75, 3.05) is 43.2 Å². The third-order valence-corrected chi connectivity index (χ3v) is 5.22. The Morgan fingerprint density at radius 3 is 2.69 bits per heavy atom. The van der Waals surface area contributed by atoms with Crippen LogP contribution in [0.5, 0.6) is 11.5 Å². The van der Waals surface area contributed by atoms with Crippen molar-refractivity contribution < 1.29 is 23.5 Å². The number of halogens is 1. The molecule has 12 heteroatoms. The topological polar surface area (TPSA) is 124 Å². The lowest BCUT2D eigenvalue weighted by molar-refractivity contribution is -0.384. The summed E-state index contributed by atoms with van der Waals surface area (Å²) in [5.41, 5.74) is 4.26. The fraction of sp³-hybridized carbons (Fsp3) is 0.292. The number of non-ortho nitro benzene ring substituents is 1. The van der Waals surface area contributed by atoms with Gasteiger partial charge in [-0.15, -0.1) is 0 Å². The average Bonchev–Trinajstić information content (AvgIpc) is 2.90. The number of anilines is 2. The highest BCUT2D eigenvalue weighted by molar-refractivity contribution is 5.81. The van der Waals surface area contributed by atoms with Gasteiger partial charge < -0.3 is 19.1 Å². The van der Waals surface area contributed by atoms with Crippen LogP contribution in [0.4, 0.5) is 21.8 Å². The summed E-state index contributed by atoms with van der Waals surface area (Å²) >= 11 is 0. The van der Waals surface area contributed by atoms with Crippen LogP contribution in [0.2, 0.25) is 0 Å². The van der Waals surface area contributed by atoms with Crippen LogP contribution in [-0.2, 0) is 11.3 Å². The van der Waals surface area contributed by atoms with E-state index in [1.165, 1.54) is 12.1 Å². The molecule has 3 aromatic rings. The fourth-order valence-corrected chi connectivity index (χ4v) is 3.44. The number of rotatable bonds is 10. The maximum Gasteiger partial charge on any atom is 0.269 e. The molecule has 11 nitrogen and oxygen atoms in total. The van der Waals surface area contributed by atoms with Gasteiger partial charge in [0.15, 0.2) is 23.1 Å². The first-order chi connectivity index (χ1) is 17.5. The predicted octanol–water partition coefficient (Wildman–Crippen LogP) is 3.78. The van der Waals surface area contributed by atoms with Crippen molar-refractivity contribution in [3.63, 3.8) is 0 Å². The highest BCUT2D eigenvalue weighted by Gasteiger charge is 2.17. The van der Waals surface area contributed by atoms with Gasteiger partial charge in [0.05, 0.1) is 37.2 Å². The lowest BCUT2D eigenvalue weighted by Gasteiger charge is -2.27. The highest BCUT2D eigenvalue weighted by atomic mass is 19.1. The molecule has 2 aromatic carbocycles. The van der Waals surface area contributed by atoms with Crippen molar-refractivity contribution >= 4 is 23.7 Å². The Hall–Kier alpha value is -4.32. The summed E-state index contributed by atoms with van der Waals surface area (Å²) in [4.78, 5) is 20.3. The molecule has 1 N–H and O–H groups in total. The molecule has 1 fully saturated rings. The summed E-state index contributed by atoms with van der Waals surface area (Å²) in [6.07, 6.45) is 2.67. The first kappa shape index (κ1) is 24.8. The molecular weight excluding hydrogens is 471 g/mol. The number of ether oxygens (including phenoxy) is 3. The predicted molar refractivity (Wildman–Crippen MR) is 131 cm³/mol. The summed E-state index contributed by atoms with van der Waals surface area (Å²) in [6.45, 7) is 4.65. The molecule has 0 radical (unpaired) electrons. The number of hydrazone groups is 1. The number of hydrogen-bond donors (Lipinski definition) is 1. The highest BCUT2D eigenvalue weighted by Crippen LogP contribution is 2.29. The molecule has 1 aromatic heterocycles. The van der Waals surface area contributed by atoms with Gasteiger partial charge >= 0.3 is 0 Å². The molecule has 2 heterocycles. The second-order valence-electron chi connectivity index (χ2n) is 7.69. The van der Waals surface area contributed by atoms with Gasteiger partial charge in [0.25, 0.3) is 5.69 Å². The SMILES string of the molecule is CCOc1cc(C=NNc2ncc(F)c(N3CCOCC3)n2)ccc1OCc1ccc([N+](=O)[O-])cc1. The van der Waals surface area contributed by atoms with E-state index in [9.17, 15) is 14.5 Å². The molecular formula is C24H25FN6O5. The molecule has 1 aliphatic heterocycles. The van der Waals surface area contributed by atoms with Crippen molar-refractivity contribution in [2.45, 2.75) is 13.5 Å². The molecule has 36 heavy (non-hydrogen) atoms. The molecule has 4 rings (SSSR count). The van der Waals surface area contributed by atoms with Crippen LogP contribution >= 0.6 is 0 Å². The Morgan fingerprint density at radius 1 is 1.19 bits per heavy atom. The molecule has 188 valence electrons. The number of nitro groups is 1. The Bertz CT molecular complexity index is 1220. The van der Waals surface area contributed by atoms with Gasteiger partial charge in [0.1, 0.15) is 6.61 Å². The lowest BCUT2D eigenvalue weighted by Crippen LogP contribution is -2.37. The lowest BCUT2D eigenvalue weighted by atomic mass is 10.2. The van der Waals surface area contributed by atoms with E-state index >= 15 is 0 Å². The maximum absolute atomic E-state index is 14.2. The molecule has 0 amide bonds. The van der Waals surface area contributed by atoms with Gasteiger partial charge in [-0.05, 0) is 48.4 Å². The monoisotopic (exact) mass is 496 g/mol. The first-order valence-corrected chi connectivity index (χ1v) is 11.3. The summed E-state index contributed by atoms with van der Waals surface area (Å²) in [7, 11) is 0. The van der Waals surface area contributed by atoms with Crippen molar-refractivity contribution in [2.24, 2.45) is 5.10 Å². The summed E-state index contributed by atoms with van der Waals surface area (Å²) in [6, 6.07) is 11.5. The number of nitrogens with zero attached hydrogens (tertiary/aromatic N) is 5. The van der Waals surface area contributed by atoms with E-state index < -0.39 is 10.7 Å². The number of nitrogens with one attached hydrogen (secondary N) is 1. The Labute approximate surface area is 206 Å². The number of nitro benzene ring substituents is 1. The fourth-order valence-electron chi connectivity index (χ4n) is 3.44. The zero-order chi connectivity index (χ0) is 25.3. The van der Waals surface area contributed by atoms with E-state index in [0.717, 1.165) is 17.3 Å². The molecule has 0 aliphatic carbocycles. The molecule has 1 aliphatic rings. The van der Waals surface area contributed by atoms with Crippen LogP contribution in [0.3, 0.4) is 0 Å². The van der Waals surface area contributed by atoms with Gasteiger partial charge in [0, 0.05) is 25.2 Å². The second-order valence-corrected chi connectivity index (χ2v) is 7.69. The molecule has 0 bridgehead atoms. The van der Waals surface area contributed by atoms with E-state index in [1.807, 2.05) is 6.92 Å². The minimum Gasteiger partial charge on any atom is -0.490 e. The third kappa shape index (κ3) is 6.42. The average molecular weight is 496 g/mol. The summed E-state index contributed by atoms with van der Waals surface area (Å²) in [5.74, 6) is 0.923.